The third kappa shape index (κ3) is 2.53. The Hall–Kier alpha value is -1.84. The van der Waals surface area contributed by atoms with Gasteiger partial charge >= 0.3 is 11.9 Å². The lowest BCUT2D eigenvalue weighted by Crippen LogP contribution is -2.48. The zero-order chi connectivity index (χ0) is 13.2. The highest BCUT2D eigenvalue weighted by Gasteiger charge is 2.44. The normalized spacial score (nSPS) is 27.6. The minimum Gasteiger partial charge on any atom is -0.422 e. The van der Waals surface area contributed by atoms with E-state index < -0.39 is 23.6 Å². The number of hydrogen-bond acceptors (Lipinski definition) is 4. The highest BCUT2D eigenvalue weighted by atomic mass is 16.7. The van der Waals surface area contributed by atoms with Crippen LogP contribution in [0.3, 0.4) is 0 Å². The van der Waals surface area contributed by atoms with Gasteiger partial charge in [0, 0.05) is 13.3 Å². The first-order chi connectivity index (χ1) is 8.54. The minimum atomic E-state index is -1.11. The molecule has 0 spiro atoms. The topological polar surface area (TPSA) is 52.6 Å². The molecule has 18 heavy (non-hydrogen) atoms. The lowest BCUT2D eigenvalue weighted by molar-refractivity contribution is -0.246. The van der Waals surface area contributed by atoms with Gasteiger partial charge in [0.05, 0.1) is 0 Å². The lowest BCUT2D eigenvalue weighted by Gasteiger charge is -2.34. The van der Waals surface area contributed by atoms with Crippen LogP contribution < -0.4 is 0 Å². The molecule has 4 heteroatoms. The molecule has 0 bridgehead atoms. The molecule has 1 saturated heterocycles. The number of ether oxygens (including phenoxy) is 2. The molecule has 0 aromatic heterocycles. The summed E-state index contributed by atoms with van der Waals surface area (Å²) in [6.07, 6.45) is 0.765. The maximum Gasteiger partial charge on any atom is 0.323 e. The van der Waals surface area contributed by atoms with Gasteiger partial charge < -0.3 is 9.47 Å². The van der Waals surface area contributed by atoms with Crippen molar-refractivity contribution in [2.45, 2.75) is 32.5 Å². The van der Waals surface area contributed by atoms with Crippen molar-refractivity contribution in [1.29, 1.82) is 0 Å². The fourth-order valence-corrected chi connectivity index (χ4v) is 1.85. The maximum absolute atomic E-state index is 11.9. The fourth-order valence-electron chi connectivity index (χ4n) is 1.85. The number of esters is 2. The predicted octanol–water partition coefficient (Wildman–Crippen LogP) is 2.07. The standard InChI is InChI=1S/C14H16O4/c1-3-14(2)17-12(15)11(13(16)18-14)9-10-7-5-4-6-8-10/h4-8,11H,3,9H2,1-2H3. The molecule has 0 unspecified atom stereocenters. The molecule has 0 saturated carbocycles. The SMILES string of the molecule is CCC1(C)OC(=O)C(Cc2ccccc2)C(=O)O1. The molecule has 0 radical (unpaired) electrons. The Bertz CT molecular complexity index is 434. The van der Waals surface area contributed by atoms with Gasteiger partial charge in [0.25, 0.3) is 5.79 Å². The monoisotopic (exact) mass is 248 g/mol. The van der Waals surface area contributed by atoms with E-state index in [1.165, 1.54) is 0 Å². The van der Waals surface area contributed by atoms with Crippen LogP contribution in [0, 0.1) is 5.92 Å². The number of hydrogen-bond donors (Lipinski definition) is 0. The van der Waals surface area contributed by atoms with E-state index in [2.05, 4.69) is 0 Å². The molecule has 0 N–H and O–H groups in total. The van der Waals surface area contributed by atoms with Gasteiger partial charge in [-0.25, -0.2) is 0 Å². The van der Waals surface area contributed by atoms with Crippen LogP contribution in [0.25, 0.3) is 0 Å². The summed E-state index contributed by atoms with van der Waals surface area (Å²) in [6, 6.07) is 9.35. The first-order valence-electron chi connectivity index (χ1n) is 6.04. The van der Waals surface area contributed by atoms with Gasteiger partial charge in [0.15, 0.2) is 5.92 Å². The first-order valence-corrected chi connectivity index (χ1v) is 6.04. The molecule has 1 aliphatic heterocycles. The van der Waals surface area contributed by atoms with Gasteiger partial charge in [-0.2, -0.15) is 0 Å². The molecule has 1 heterocycles. The summed E-state index contributed by atoms with van der Waals surface area (Å²) in [5, 5.41) is 0. The Morgan fingerprint density at radius 3 is 2.17 bits per heavy atom. The van der Waals surface area contributed by atoms with Crippen LogP contribution in [-0.2, 0) is 25.5 Å². The second kappa shape index (κ2) is 4.80. The molecule has 1 fully saturated rings. The lowest BCUT2D eigenvalue weighted by atomic mass is 9.98. The van der Waals surface area contributed by atoms with Crippen LogP contribution in [0.15, 0.2) is 30.3 Å². The second-order valence-corrected chi connectivity index (χ2v) is 4.57. The Morgan fingerprint density at radius 2 is 1.67 bits per heavy atom. The van der Waals surface area contributed by atoms with Crippen LogP contribution >= 0.6 is 0 Å². The van der Waals surface area contributed by atoms with E-state index in [9.17, 15) is 9.59 Å². The van der Waals surface area contributed by atoms with Crippen LogP contribution in [0.1, 0.15) is 25.8 Å². The quantitative estimate of drug-likeness (QED) is 0.607. The van der Waals surface area contributed by atoms with Crippen molar-refractivity contribution in [3.05, 3.63) is 35.9 Å². The molecular weight excluding hydrogens is 232 g/mol. The Morgan fingerprint density at radius 1 is 1.11 bits per heavy atom. The Labute approximate surface area is 106 Å². The van der Waals surface area contributed by atoms with Crippen molar-refractivity contribution in [2.24, 2.45) is 5.92 Å². The van der Waals surface area contributed by atoms with E-state index >= 15 is 0 Å². The van der Waals surface area contributed by atoms with Crippen molar-refractivity contribution < 1.29 is 19.1 Å². The van der Waals surface area contributed by atoms with Gasteiger partial charge in [-0.15, -0.1) is 0 Å². The van der Waals surface area contributed by atoms with Crippen molar-refractivity contribution in [1.82, 2.24) is 0 Å². The van der Waals surface area contributed by atoms with Crippen molar-refractivity contribution in [3.8, 4) is 0 Å². The molecule has 0 atom stereocenters. The summed E-state index contributed by atoms with van der Waals surface area (Å²) in [4.78, 5) is 23.7. The summed E-state index contributed by atoms with van der Waals surface area (Å²) in [5.74, 6) is -2.97. The summed E-state index contributed by atoms with van der Waals surface area (Å²) >= 11 is 0. The average Bonchev–Trinajstić information content (AvgIpc) is 2.35. The van der Waals surface area contributed by atoms with E-state index in [0.29, 0.717) is 12.8 Å². The van der Waals surface area contributed by atoms with E-state index in [4.69, 9.17) is 9.47 Å². The first kappa shape index (κ1) is 12.6. The number of cyclic esters (lactones) is 2. The van der Waals surface area contributed by atoms with Gasteiger partial charge in [-0.1, -0.05) is 37.3 Å². The molecule has 96 valence electrons. The number of carbonyl (C=O) groups excluding carboxylic acids is 2. The third-order valence-corrected chi connectivity index (χ3v) is 3.13. The summed E-state index contributed by atoms with van der Waals surface area (Å²) in [6.45, 7) is 3.40. The van der Waals surface area contributed by atoms with Crippen molar-refractivity contribution >= 4 is 11.9 Å². The third-order valence-electron chi connectivity index (χ3n) is 3.13. The Kier molecular flexibility index (Phi) is 3.36. The molecule has 0 amide bonds. The van der Waals surface area contributed by atoms with Gasteiger partial charge in [0.2, 0.25) is 0 Å². The molecule has 4 nitrogen and oxygen atoms in total. The molecule has 1 aromatic rings. The highest BCUT2D eigenvalue weighted by molar-refractivity contribution is 5.97. The van der Waals surface area contributed by atoms with E-state index in [1.807, 2.05) is 30.3 Å². The zero-order valence-electron chi connectivity index (χ0n) is 10.5. The maximum atomic E-state index is 11.9. The summed E-state index contributed by atoms with van der Waals surface area (Å²) in [7, 11) is 0. The number of benzene rings is 1. The van der Waals surface area contributed by atoms with Crippen LogP contribution in [-0.4, -0.2) is 17.7 Å². The van der Waals surface area contributed by atoms with Crippen LogP contribution in [0.4, 0.5) is 0 Å². The molecule has 1 aliphatic rings. The average molecular weight is 248 g/mol. The highest BCUT2D eigenvalue weighted by Crippen LogP contribution is 2.28. The van der Waals surface area contributed by atoms with Crippen LogP contribution in [0.5, 0.6) is 0 Å². The predicted molar refractivity (Wildman–Crippen MR) is 64.5 cm³/mol. The molecule has 0 aliphatic carbocycles. The fraction of sp³-hybridized carbons (Fsp3) is 0.429. The summed E-state index contributed by atoms with van der Waals surface area (Å²) in [5.41, 5.74) is 0.913. The van der Waals surface area contributed by atoms with E-state index in [1.54, 1.807) is 13.8 Å². The smallest absolute Gasteiger partial charge is 0.323 e. The number of rotatable bonds is 3. The van der Waals surface area contributed by atoms with Gasteiger partial charge in [-0.3, -0.25) is 9.59 Å². The summed E-state index contributed by atoms with van der Waals surface area (Å²) < 4.78 is 10.4. The molecule has 2 rings (SSSR count). The van der Waals surface area contributed by atoms with Crippen LogP contribution in [0.2, 0.25) is 0 Å². The van der Waals surface area contributed by atoms with Gasteiger partial charge in [-0.05, 0) is 12.0 Å². The molecular formula is C14H16O4. The molecule has 1 aromatic carbocycles. The van der Waals surface area contributed by atoms with Gasteiger partial charge in [0.1, 0.15) is 0 Å². The second-order valence-electron chi connectivity index (χ2n) is 4.57. The van der Waals surface area contributed by atoms with Crippen molar-refractivity contribution in [3.63, 3.8) is 0 Å². The van der Waals surface area contributed by atoms with E-state index in [-0.39, 0.29) is 0 Å². The van der Waals surface area contributed by atoms with E-state index in [0.717, 1.165) is 5.56 Å². The van der Waals surface area contributed by atoms with Crippen molar-refractivity contribution in [2.75, 3.05) is 0 Å². The Balaban J connectivity index is 2.11. The largest absolute Gasteiger partial charge is 0.422 e. The zero-order valence-corrected chi connectivity index (χ0v) is 10.5. The minimum absolute atomic E-state index is 0.318. The number of carbonyl (C=O) groups is 2.